The number of fused-ring (bicyclic) bond motifs is 1. The van der Waals surface area contributed by atoms with Gasteiger partial charge in [0.2, 0.25) is 0 Å². The summed E-state index contributed by atoms with van der Waals surface area (Å²) in [5, 5.41) is 1.09. The van der Waals surface area contributed by atoms with Crippen LogP contribution in [0.1, 0.15) is 24.2 Å². The quantitative estimate of drug-likeness (QED) is 0.797. The zero-order valence-corrected chi connectivity index (χ0v) is 12.8. The lowest BCUT2D eigenvalue weighted by Gasteiger charge is -2.18. The number of aromatic nitrogens is 2. The predicted octanol–water partition coefficient (Wildman–Crippen LogP) is 3.71. The van der Waals surface area contributed by atoms with Crippen LogP contribution >= 0.6 is 0 Å². The molecular formula is C18H19N3O. The summed E-state index contributed by atoms with van der Waals surface area (Å²) >= 11 is 0. The van der Waals surface area contributed by atoms with E-state index in [0.29, 0.717) is 0 Å². The maximum Gasteiger partial charge on any atom is 0.253 e. The number of benzene rings is 1. The number of nitrogens with zero attached hydrogens (tertiary/aromatic N) is 2. The molecule has 0 saturated carbocycles. The SMILES string of the molecule is CCN(CC)C(=O)c1ccc(-c2c[nH]c3ncccc23)cc1. The van der Waals surface area contributed by atoms with Gasteiger partial charge >= 0.3 is 0 Å². The van der Waals surface area contributed by atoms with E-state index in [2.05, 4.69) is 9.97 Å². The molecule has 0 saturated heterocycles. The summed E-state index contributed by atoms with van der Waals surface area (Å²) in [6.07, 6.45) is 3.73. The molecule has 4 heteroatoms. The molecule has 0 aliphatic rings. The highest BCUT2D eigenvalue weighted by Gasteiger charge is 2.13. The second kappa shape index (κ2) is 6.02. The van der Waals surface area contributed by atoms with Crippen molar-refractivity contribution in [3.8, 4) is 11.1 Å². The minimum Gasteiger partial charge on any atom is -0.346 e. The Bertz CT molecular complexity index is 785. The van der Waals surface area contributed by atoms with Crippen LogP contribution in [0.5, 0.6) is 0 Å². The van der Waals surface area contributed by atoms with Crippen molar-refractivity contribution in [1.82, 2.24) is 14.9 Å². The van der Waals surface area contributed by atoms with Crippen molar-refractivity contribution in [1.29, 1.82) is 0 Å². The Labute approximate surface area is 129 Å². The van der Waals surface area contributed by atoms with Gasteiger partial charge in [-0.3, -0.25) is 4.79 Å². The van der Waals surface area contributed by atoms with Crippen LogP contribution in [0.2, 0.25) is 0 Å². The predicted molar refractivity (Wildman–Crippen MR) is 88.8 cm³/mol. The molecule has 112 valence electrons. The highest BCUT2D eigenvalue weighted by atomic mass is 16.2. The number of hydrogen-bond donors (Lipinski definition) is 1. The van der Waals surface area contributed by atoms with Crippen LogP contribution in [0, 0.1) is 0 Å². The zero-order valence-electron chi connectivity index (χ0n) is 12.8. The smallest absolute Gasteiger partial charge is 0.253 e. The topological polar surface area (TPSA) is 49.0 Å². The van der Waals surface area contributed by atoms with Gasteiger partial charge in [-0.15, -0.1) is 0 Å². The fourth-order valence-corrected chi connectivity index (χ4v) is 2.68. The van der Waals surface area contributed by atoms with Crippen LogP contribution in [0.15, 0.2) is 48.8 Å². The van der Waals surface area contributed by atoms with Crippen LogP contribution in [0.25, 0.3) is 22.2 Å². The molecule has 0 aliphatic carbocycles. The van der Waals surface area contributed by atoms with Crippen LogP contribution in [-0.4, -0.2) is 33.9 Å². The first kappa shape index (κ1) is 14.3. The minimum absolute atomic E-state index is 0.0807. The molecule has 4 nitrogen and oxygen atoms in total. The number of nitrogens with one attached hydrogen (secondary N) is 1. The van der Waals surface area contributed by atoms with Gasteiger partial charge < -0.3 is 9.88 Å². The number of hydrogen-bond acceptors (Lipinski definition) is 2. The van der Waals surface area contributed by atoms with Crippen LogP contribution < -0.4 is 0 Å². The van der Waals surface area contributed by atoms with Gasteiger partial charge in [-0.05, 0) is 43.7 Å². The largest absolute Gasteiger partial charge is 0.346 e. The summed E-state index contributed by atoms with van der Waals surface area (Å²) in [6, 6.07) is 11.7. The van der Waals surface area contributed by atoms with Crippen LogP contribution in [0.4, 0.5) is 0 Å². The molecule has 2 heterocycles. The summed E-state index contributed by atoms with van der Waals surface area (Å²) < 4.78 is 0. The number of aromatic amines is 1. The van der Waals surface area contributed by atoms with Gasteiger partial charge in [-0.25, -0.2) is 4.98 Å². The molecule has 0 fully saturated rings. The molecule has 22 heavy (non-hydrogen) atoms. The molecule has 1 N–H and O–H groups in total. The van der Waals surface area contributed by atoms with Crippen molar-refractivity contribution < 1.29 is 4.79 Å². The molecule has 0 unspecified atom stereocenters. The molecule has 3 rings (SSSR count). The first-order valence-electron chi connectivity index (χ1n) is 7.56. The van der Waals surface area contributed by atoms with Crippen molar-refractivity contribution in [2.24, 2.45) is 0 Å². The van der Waals surface area contributed by atoms with Crippen molar-refractivity contribution in [2.75, 3.05) is 13.1 Å². The average Bonchev–Trinajstić information content (AvgIpc) is 3.00. The average molecular weight is 293 g/mol. The van der Waals surface area contributed by atoms with E-state index >= 15 is 0 Å². The number of carbonyl (C=O) groups is 1. The summed E-state index contributed by atoms with van der Waals surface area (Å²) in [4.78, 5) is 21.6. The molecule has 1 amide bonds. The lowest BCUT2D eigenvalue weighted by molar-refractivity contribution is 0.0773. The lowest BCUT2D eigenvalue weighted by atomic mass is 10.0. The van der Waals surface area contributed by atoms with Gasteiger partial charge in [0, 0.05) is 42.0 Å². The number of rotatable bonds is 4. The third-order valence-corrected chi connectivity index (χ3v) is 3.94. The van der Waals surface area contributed by atoms with E-state index in [1.807, 2.05) is 61.3 Å². The Morgan fingerprint density at radius 2 is 1.86 bits per heavy atom. The lowest BCUT2D eigenvalue weighted by Crippen LogP contribution is -2.30. The van der Waals surface area contributed by atoms with Crippen molar-refractivity contribution in [2.45, 2.75) is 13.8 Å². The molecule has 0 aliphatic heterocycles. The molecular weight excluding hydrogens is 274 g/mol. The molecule has 1 aromatic carbocycles. The maximum atomic E-state index is 12.3. The Kier molecular flexibility index (Phi) is 3.92. The van der Waals surface area contributed by atoms with Crippen molar-refractivity contribution in [3.63, 3.8) is 0 Å². The third kappa shape index (κ3) is 2.48. The Hall–Kier alpha value is -2.62. The molecule has 0 atom stereocenters. The van der Waals surface area contributed by atoms with E-state index in [1.165, 1.54) is 0 Å². The summed E-state index contributed by atoms with van der Waals surface area (Å²) in [5.74, 6) is 0.0807. The number of carbonyl (C=O) groups excluding carboxylic acids is 1. The second-order valence-electron chi connectivity index (χ2n) is 5.16. The van der Waals surface area contributed by atoms with Gasteiger partial charge in [0.15, 0.2) is 0 Å². The summed E-state index contributed by atoms with van der Waals surface area (Å²) in [6.45, 7) is 5.44. The van der Waals surface area contributed by atoms with Crippen LogP contribution in [-0.2, 0) is 0 Å². The fourth-order valence-electron chi connectivity index (χ4n) is 2.68. The highest BCUT2D eigenvalue weighted by Crippen LogP contribution is 2.27. The van der Waals surface area contributed by atoms with Gasteiger partial charge in [0.1, 0.15) is 5.65 Å². The van der Waals surface area contributed by atoms with E-state index in [9.17, 15) is 4.79 Å². The Morgan fingerprint density at radius 3 is 2.55 bits per heavy atom. The Balaban J connectivity index is 1.93. The first-order valence-corrected chi connectivity index (χ1v) is 7.56. The standard InChI is InChI=1S/C18H19N3O/c1-3-21(4-2)18(22)14-9-7-13(8-10-14)16-12-20-17-15(16)6-5-11-19-17/h5-12H,3-4H2,1-2H3,(H,19,20). The van der Waals surface area contributed by atoms with Crippen molar-refractivity contribution >= 4 is 16.9 Å². The molecule has 0 bridgehead atoms. The third-order valence-electron chi connectivity index (χ3n) is 3.94. The highest BCUT2D eigenvalue weighted by molar-refractivity contribution is 5.96. The molecule has 2 aromatic heterocycles. The second-order valence-corrected chi connectivity index (χ2v) is 5.16. The first-order chi connectivity index (χ1) is 10.7. The van der Waals surface area contributed by atoms with E-state index < -0.39 is 0 Å². The summed E-state index contributed by atoms with van der Waals surface area (Å²) in [5.41, 5.74) is 3.78. The van der Waals surface area contributed by atoms with Crippen LogP contribution in [0.3, 0.4) is 0 Å². The zero-order chi connectivity index (χ0) is 15.5. The van der Waals surface area contributed by atoms with E-state index in [0.717, 1.165) is 40.8 Å². The van der Waals surface area contributed by atoms with E-state index in [-0.39, 0.29) is 5.91 Å². The van der Waals surface area contributed by atoms with E-state index in [4.69, 9.17) is 0 Å². The molecule has 0 spiro atoms. The van der Waals surface area contributed by atoms with Gasteiger partial charge in [0.05, 0.1) is 0 Å². The monoisotopic (exact) mass is 293 g/mol. The number of H-pyrrole nitrogens is 1. The van der Waals surface area contributed by atoms with Gasteiger partial charge in [-0.1, -0.05) is 12.1 Å². The molecule has 3 aromatic rings. The normalized spacial score (nSPS) is 10.8. The minimum atomic E-state index is 0.0807. The summed E-state index contributed by atoms with van der Waals surface area (Å²) in [7, 11) is 0. The van der Waals surface area contributed by atoms with E-state index in [1.54, 1.807) is 6.20 Å². The van der Waals surface area contributed by atoms with Crippen molar-refractivity contribution in [3.05, 3.63) is 54.4 Å². The number of amides is 1. The number of pyridine rings is 1. The Morgan fingerprint density at radius 1 is 1.14 bits per heavy atom. The maximum absolute atomic E-state index is 12.3. The van der Waals surface area contributed by atoms with Gasteiger partial charge in [-0.2, -0.15) is 0 Å². The molecule has 0 radical (unpaired) electrons. The van der Waals surface area contributed by atoms with Gasteiger partial charge in [0.25, 0.3) is 5.91 Å². The fraction of sp³-hybridized carbons (Fsp3) is 0.222.